The topological polar surface area (TPSA) is 55.4 Å². The summed E-state index contributed by atoms with van der Waals surface area (Å²) in [6.07, 6.45) is 0.919. The van der Waals surface area contributed by atoms with Crippen LogP contribution in [0.1, 0.15) is 18.9 Å². The standard InChI is InChI=1S/C28H25Cl2NO3S/c1-28(34-27-13-6-5-12-26(27)30,19-18-21-14-16-24(29)17-15-21)31-35(32,33)25-11-7-10-23(20-25)22-8-3-2-4-9-22/h2-17,20,31H,18-19H2,1H3. The Kier molecular flexibility index (Phi) is 7.82. The van der Waals surface area contributed by atoms with E-state index in [1.165, 1.54) is 0 Å². The number of para-hydroxylation sites is 1. The maximum Gasteiger partial charge on any atom is 0.243 e. The lowest BCUT2D eigenvalue weighted by molar-refractivity contribution is 0.0678. The van der Waals surface area contributed by atoms with Crippen molar-refractivity contribution in [3.63, 3.8) is 0 Å². The predicted octanol–water partition coefficient (Wildman–Crippen LogP) is 7.37. The summed E-state index contributed by atoms with van der Waals surface area (Å²) in [4.78, 5) is 0.152. The number of ether oxygens (including phenoxy) is 1. The molecular weight excluding hydrogens is 501 g/mol. The van der Waals surface area contributed by atoms with E-state index in [9.17, 15) is 8.42 Å². The molecule has 0 aromatic heterocycles. The molecule has 4 aromatic carbocycles. The molecule has 7 heteroatoms. The molecule has 0 fully saturated rings. The summed E-state index contributed by atoms with van der Waals surface area (Å²) in [5, 5.41) is 1.04. The van der Waals surface area contributed by atoms with Gasteiger partial charge in [-0.3, -0.25) is 0 Å². The number of rotatable bonds is 9. The molecule has 35 heavy (non-hydrogen) atoms. The highest BCUT2D eigenvalue weighted by Crippen LogP contribution is 2.30. The van der Waals surface area contributed by atoms with Crippen LogP contribution in [0.5, 0.6) is 5.75 Å². The number of hydrogen-bond donors (Lipinski definition) is 1. The highest BCUT2D eigenvalue weighted by atomic mass is 35.5. The lowest BCUT2D eigenvalue weighted by Crippen LogP contribution is -2.50. The summed E-state index contributed by atoms with van der Waals surface area (Å²) in [6.45, 7) is 1.71. The van der Waals surface area contributed by atoms with Crippen LogP contribution in [-0.2, 0) is 16.4 Å². The van der Waals surface area contributed by atoms with Gasteiger partial charge in [-0.1, -0.05) is 89.9 Å². The van der Waals surface area contributed by atoms with Crippen molar-refractivity contribution in [2.75, 3.05) is 0 Å². The van der Waals surface area contributed by atoms with Crippen LogP contribution < -0.4 is 9.46 Å². The zero-order valence-corrected chi connectivity index (χ0v) is 21.4. The Morgan fingerprint density at radius 1 is 0.800 bits per heavy atom. The summed E-state index contributed by atoms with van der Waals surface area (Å²) < 4.78 is 36.0. The third-order valence-electron chi connectivity index (χ3n) is 5.58. The van der Waals surface area contributed by atoms with Gasteiger partial charge in [0, 0.05) is 11.4 Å². The SMILES string of the molecule is CC(CCc1ccc(Cl)cc1)(NS(=O)(=O)c1cccc(-c2ccccc2)c1)Oc1ccccc1Cl. The monoisotopic (exact) mass is 525 g/mol. The second kappa shape index (κ2) is 10.8. The average Bonchev–Trinajstić information content (AvgIpc) is 2.85. The molecule has 1 atom stereocenters. The van der Waals surface area contributed by atoms with Gasteiger partial charge in [0.05, 0.1) is 9.92 Å². The van der Waals surface area contributed by atoms with Gasteiger partial charge < -0.3 is 4.74 Å². The summed E-state index contributed by atoms with van der Waals surface area (Å²) in [5.41, 5.74) is 1.48. The molecule has 0 amide bonds. The maximum absolute atomic E-state index is 13.5. The molecule has 0 saturated heterocycles. The molecule has 0 spiro atoms. The highest BCUT2D eigenvalue weighted by molar-refractivity contribution is 7.89. The molecule has 0 aliphatic heterocycles. The molecule has 0 bridgehead atoms. The minimum Gasteiger partial charge on any atom is -0.471 e. The van der Waals surface area contributed by atoms with Crippen LogP contribution in [0.3, 0.4) is 0 Å². The smallest absolute Gasteiger partial charge is 0.243 e. The Balaban J connectivity index is 1.63. The Bertz CT molecular complexity index is 1390. The number of benzene rings is 4. The third kappa shape index (κ3) is 6.65. The molecule has 4 aromatic rings. The van der Waals surface area contributed by atoms with E-state index in [1.54, 1.807) is 49.4 Å². The van der Waals surface area contributed by atoms with Crippen LogP contribution in [0.4, 0.5) is 0 Å². The van der Waals surface area contributed by atoms with Gasteiger partial charge in [0.15, 0.2) is 5.72 Å². The van der Waals surface area contributed by atoms with Gasteiger partial charge in [-0.05, 0) is 66.4 Å². The normalized spacial score (nSPS) is 13.2. The summed E-state index contributed by atoms with van der Waals surface area (Å²) in [6, 6.07) is 30.9. The highest BCUT2D eigenvalue weighted by Gasteiger charge is 2.33. The molecule has 0 aliphatic carbocycles. The van der Waals surface area contributed by atoms with Crippen molar-refractivity contribution in [3.8, 4) is 16.9 Å². The largest absolute Gasteiger partial charge is 0.471 e. The molecule has 180 valence electrons. The van der Waals surface area contributed by atoms with Crippen molar-refractivity contribution in [2.24, 2.45) is 0 Å². The minimum absolute atomic E-state index is 0.152. The molecule has 4 rings (SSSR count). The van der Waals surface area contributed by atoms with E-state index in [2.05, 4.69) is 4.72 Å². The first kappa shape index (κ1) is 25.3. The predicted molar refractivity (Wildman–Crippen MR) is 142 cm³/mol. The van der Waals surface area contributed by atoms with Gasteiger partial charge in [0.1, 0.15) is 5.75 Å². The molecule has 0 radical (unpaired) electrons. The molecule has 0 heterocycles. The van der Waals surface area contributed by atoms with Crippen molar-refractivity contribution < 1.29 is 13.2 Å². The average molecular weight is 526 g/mol. The van der Waals surface area contributed by atoms with Gasteiger partial charge in [0.25, 0.3) is 0 Å². The fourth-order valence-electron chi connectivity index (χ4n) is 3.74. The van der Waals surface area contributed by atoms with Gasteiger partial charge in [-0.2, -0.15) is 4.72 Å². The van der Waals surface area contributed by atoms with E-state index < -0.39 is 15.7 Å². The maximum atomic E-state index is 13.5. The number of hydrogen-bond acceptors (Lipinski definition) is 3. The Labute approximate surface area is 216 Å². The summed E-state index contributed by atoms with van der Waals surface area (Å²) in [5.74, 6) is 0.397. The van der Waals surface area contributed by atoms with Gasteiger partial charge in [-0.25, -0.2) is 8.42 Å². The molecule has 1 N–H and O–H groups in total. The minimum atomic E-state index is -3.93. The number of sulfonamides is 1. The quantitative estimate of drug-likeness (QED) is 0.232. The van der Waals surface area contributed by atoms with Crippen molar-refractivity contribution in [1.29, 1.82) is 0 Å². The number of halogens is 2. The van der Waals surface area contributed by atoms with E-state index in [4.69, 9.17) is 27.9 Å². The molecule has 0 aliphatic rings. The molecule has 1 unspecified atom stereocenters. The molecule has 0 saturated carbocycles. The second-order valence-corrected chi connectivity index (χ2v) is 10.9. The first-order valence-corrected chi connectivity index (χ1v) is 13.4. The van der Waals surface area contributed by atoms with Crippen molar-refractivity contribution in [2.45, 2.75) is 30.4 Å². The van der Waals surface area contributed by atoms with Crippen LogP contribution in [-0.4, -0.2) is 14.1 Å². The Morgan fingerprint density at radius 3 is 2.17 bits per heavy atom. The Hall–Kier alpha value is -2.83. The lowest BCUT2D eigenvalue weighted by atomic mass is 10.0. The van der Waals surface area contributed by atoms with E-state index in [0.717, 1.165) is 16.7 Å². The third-order valence-corrected chi connectivity index (χ3v) is 7.72. The fraction of sp³-hybridized carbons (Fsp3) is 0.143. The van der Waals surface area contributed by atoms with Gasteiger partial charge in [0.2, 0.25) is 10.0 Å². The van der Waals surface area contributed by atoms with E-state index >= 15 is 0 Å². The van der Waals surface area contributed by atoms with E-state index in [-0.39, 0.29) is 4.90 Å². The lowest BCUT2D eigenvalue weighted by Gasteiger charge is -2.32. The number of aryl methyl sites for hydroxylation is 1. The van der Waals surface area contributed by atoms with Gasteiger partial charge >= 0.3 is 0 Å². The van der Waals surface area contributed by atoms with Crippen LogP contribution in [0.15, 0.2) is 108 Å². The van der Waals surface area contributed by atoms with E-state index in [0.29, 0.717) is 28.6 Å². The van der Waals surface area contributed by atoms with Crippen molar-refractivity contribution in [3.05, 3.63) is 119 Å². The fourth-order valence-corrected chi connectivity index (χ4v) is 5.41. The van der Waals surface area contributed by atoms with Crippen LogP contribution in [0.25, 0.3) is 11.1 Å². The molecular formula is C28H25Cl2NO3S. The van der Waals surface area contributed by atoms with Gasteiger partial charge in [-0.15, -0.1) is 0 Å². The first-order valence-electron chi connectivity index (χ1n) is 11.1. The zero-order chi connectivity index (χ0) is 24.9. The first-order chi connectivity index (χ1) is 16.7. The second-order valence-electron chi connectivity index (χ2n) is 8.39. The van der Waals surface area contributed by atoms with Crippen LogP contribution in [0.2, 0.25) is 10.0 Å². The summed E-state index contributed by atoms with van der Waals surface area (Å²) in [7, 11) is -3.93. The summed E-state index contributed by atoms with van der Waals surface area (Å²) >= 11 is 12.3. The molecule has 4 nitrogen and oxygen atoms in total. The Morgan fingerprint density at radius 2 is 1.46 bits per heavy atom. The van der Waals surface area contributed by atoms with Crippen LogP contribution >= 0.6 is 23.2 Å². The van der Waals surface area contributed by atoms with Crippen molar-refractivity contribution >= 4 is 33.2 Å². The van der Waals surface area contributed by atoms with E-state index in [1.807, 2.05) is 60.7 Å². The number of nitrogens with one attached hydrogen (secondary N) is 1. The van der Waals surface area contributed by atoms with Crippen molar-refractivity contribution in [1.82, 2.24) is 4.72 Å². The van der Waals surface area contributed by atoms with Crippen LogP contribution in [0, 0.1) is 0 Å². The zero-order valence-electron chi connectivity index (χ0n) is 19.1.